The summed E-state index contributed by atoms with van der Waals surface area (Å²) in [5.41, 5.74) is 1.51. The molecule has 0 N–H and O–H groups in total. The summed E-state index contributed by atoms with van der Waals surface area (Å²) >= 11 is -2.38. The number of nitrogens with zero attached hydrogens (tertiary/aromatic N) is 1. The molecule has 2 aromatic rings. The van der Waals surface area contributed by atoms with Gasteiger partial charge in [0.2, 0.25) is 0 Å². The van der Waals surface area contributed by atoms with E-state index in [2.05, 4.69) is 62.7 Å². The second-order valence-electron chi connectivity index (χ2n) is 8.55. The molecule has 2 rings (SSSR count). The van der Waals surface area contributed by atoms with Crippen LogP contribution in [0.15, 0.2) is 30.5 Å². The molecule has 0 spiro atoms. The van der Waals surface area contributed by atoms with Gasteiger partial charge in [0.05, 0.1) is 0 Å². The van der Waals surface area contributed by atoms with Gasteiger partial charge in [0.1, 0.15) is 0 Å². The molecule has 0 radical (unpaired) electrons. The Kier molecular flexibility index (Phi) is 10.3. The molecule has 0 aliphatic carbocycles. The molecule has 1 aromatic heterocycles. The van der Waals surface area contributed by atoms with Gasteiger partial charge in [-0.1, -0.05) is 0 Å². The Balaban J connectivity index is 2.49. The van der Waals surface area contributed by atoms with Crippen LogP contribution in [0.1, 0.15) is 85.5 Å². The third-order valence-electron chi connectivity index (χ3n) is 6.39. The monoisotopic (exact) mass is 477 g/mol. The van der Waals surface area contributed by atoms with Crippen molar-refractivity contribution < 1.29 is 0 Å². The molecular formula is C25H43NSn. The molecule has 1 aromatic carbocycles. The number of rotatable bonds is 14. The third-order valence-corrected chi connectivity index (χ3v) is 22.0. The van der Waals surface area contributed by atoms with Crippen LogP contribution < -0.4 is 3.58 Å². The molecule has 152 valence electrons. The Hall–Kier alpha value is -0.441. The van der Waals surface area contributed by atoms with Crippen molar-refractivity contribution >= 4 is 32.9 Å². The molecule has 0 saturated carbocycles. The van der Waals surface area contributed by atoms with Crippen LogP contribution in [0.3, 0.4) is 0 Å². The first-order chi connectivity index (χ1) is 13.2. The first-order valence-electron chi connectivity index (χ1n) is 11.8. The van der Waals surface area contributed by atoms with Crippen LogP contribution in [0.5, 0.6) is 0 Å². The summed E-state index contributed by atoms with van der Waals surface area (Å²) in [6.07, 6.45) is 15.0. The summed E-state index contributed by atoms with van der Waals surface area (Å²) in [6.45, 7) is 10.6. The average Bonchev–Trinajstić information content (AvgIpc) is 3.07. The fraction of sp³-hybridized carbons (Fsp3) is 0.680. The van der Waals surface area contributed by atoms with Crippen LogP contribution in [-0.2, 0) is 6.54 Å². The van der Waals surface area contributed by atoms with E-state index >= 15 is 0 Å². The van der Waals surface area contributed by atoms with E-state index in [1.165, 1.54) is 69.8 Å². The molecule has 1 heterocycles. The SMILES string of the molecule is CCCCCn1c[c]([Sn]([CH2]CCC)([CH2]CCC)[CH2]CCC)c2ccccc21. The van der Waals surface area contributed by atoms with Crippen molar-refractivity contribution in [1.82, 2.24) is 4.57 Å². The number of hydrogen-bond acceptors (Lipinski definition) is 0. The van der Waals surface area contributed by atoms with Gasteiger partial charge in [-0.25, -0.2) is 0 Å². The molecule has 0 saturated heterocycles. The Labute approximate surface area is 172 Å². The fourth-order valence-corrected chi connectivity index (χ4v) is 21.4. The van der Waals surface area contributed by atoms with Crippen molar-refractivity contribution in [2.45, 2.75) is 105 Å². The number of unbranched alkanes of at least 4 members (excludes halogenated alkanes) is 5. The van der Waals surface area contributed by atoms with Gasteiger partial charge in [-0.05, 0) is 0 Å². The van der Waals surface area contributed by atoms with Crippen molar-refractivity contribution in [3.63, 3.8) is 0 Å². The number of fused-ring (bicyclic) bond motifs is 1. The summed E-state index contributed by atoms with van der Waals surface area (Å²) in [5, 5.41) is 1.62. The standard InChI is InChI=1S/C13H16N.3C4H9.Sn/c1-2-3-6-10-14-11-9-12-7-4-5-8-13(12)14;3*1-3-4-2;/h4-5,7-8,11H,2-3,6,10H2,1H3;3*1,3-4H2,2H3;. The zero-order valence-electron chi connectivity index (χ0n) is 18.5. The normalized spacial score (nSPS) is 12.1. The van der Waals surface area contributed by atoms with Crippen LogP contribution in [0.4, 0.5) is 0 Å². The van der Waals surface area contributed by atoms with Crippen LogP contribution in [-0.4, -0.2) is 22.9 Å². The van der Waals surface area contributed by atoms with Gasteiger partial charge in [0.25, 0.3) is 0 Å². The van der Waals surface area contributed by atoms with Crippen LogP contribution in [0, 0.1) is 0 Å². The molecule has 0 unspecified atom stereocenters. The van der Waals surface area contributed by atoms with Gasteiger partial charge < -0.3 is 0 Å². The summed E-state index contributed by atoms with van der Waals surface area (Å²) in [7, 11) is 0. The predicted octanol–water partition coefficient (Wildman–Crippen LogP) is 7.89. The van der Waals surface area contributed by atoms with E-state index in [4.69, 9.17) is 0 Å². The van der Waals surface area contributed by atoms with Crippen molar-refractivity contribution in [3.8, 4) is 0 Å². The Morgan fingerprint density at radius 2 is 1.26 bits per heavy atom. The average molecular weight is 476 g/mol. The summed E-state index contributed by atoms with van der Waals surface area (Å²) in [4.78, 5) is 0. The molecule has 0 fully saturated rings. The molecule has 0 amide bonds. The Bertz CT molecular complexity index is 636. The molecule has 2 heteroatoms. The van der Waals surface area contributed by atoms with Gasteiger partial charge in [-0.3, -0.25) is 0 Å². The molecule has 27 heavy (non-hydrogen) atoms. The van der Waals surface area contributed by atoms with Gasteiger partial charge in [0.15, 0.2) is 0 Å². The zero-order valence-corrected chi connectivity index (χ0v) is 21.4. The maximum atomic E-state index is 2.65. The molecular weight excluding hydrogens is 433 g/mol. The van der Waals surface area contributed by atoms with Crippen LogP contribution >= 0.6 is 0 Å². The minimum absolute atomic E-state index is 1.20. The first kappa shape index (κ1) is 22.8. The van der Waals surface area contributed by atoms with Crippen molar-refractivity contribution in [1.29, 1.82) is 0 Å². The Morgan fingerprint density at radius 3 is 1.81 bits per heavy atom. The van der Waals surface area contributed by atoms with Gasteiger partial charge in [0, 0.05) is 0 Å². The fourth-order valence-electron chi connectivity index (χ4n) is 4.71. The van der Waals surface area contributed by atoms with E-state index < -0.39 is 18.4 Å². The molecule has 0 bridgehead atoms. The second-order valence-corrected chi connectivity index (χ2v) is 21.7. The third kappa shape index (κ3) is 6.02. The Morgan fingerprint density at radius 1 is 0.704 bits per heavy atom. The quantitative estimate of drug-likeness (QED) is 0.193. The molecule has 0 atom stereocenters. The van der Waals surface area contributed by atoms with E-state index in [9.17, 15) is 0 Å². The zero-order chi connectivity index (χ0) is 19.5. The topological polar surface area (TPSA) is 4.93 Å². The van der Waals surface area contributed by atoms with Crippen molar-refractivity contribution in [3.05, 3.63) is 30.5 Å². The van der Waals surface area contributed by atoms with Gasteiger partial charge in [-0.15, -0.1) is 0 Å². The van der Waals surface area contributed by atoms with E-state index in [0.29, 0.717) is 0 Å². The summed E-state index contributed by atoms with van der Waals surface area (Å²) in [6, 6.07) is 9.33. The molecule has 0 aliphatic rings. The number of aryl methyl sites for hydroxylation is 1. The van der Waals surface area contributed by atoms with Crippen molar-refractivity contribution in [2.75, 3.05) is 0 Å². The summed E-state index contributed by atoms with van der Waals surface area (Å²) in [5.74, 6) is 0. The predicted molar refractivity (Wildman–Crippen MR) is 126 cm³/mol. The van der Waals surface area contributed by atoms with Crippen LogP contribution in [0.25, 0.3) is 10.9 Å². The maximum absolute atomic E-state index is 2.65. The summed E-state index contributed by atoms with van der Waals surface area (Å²) < 4.78 is 9.18. The van der Waals surface area contributed by atoms with E-state index in [1.54, 1.807) is 18.7 Å². The van der Waals surface area contributed by atoms with Gasteiger partial charge in [-0.2, -0.15) is 0 Å². The van der Waals surface area contributed by atoms with E-state index in [-0.39, 0.29) is 0 Å². The number of aromatic nitrogens is 1. The van der Waals surface area contributed by atoms with Crippen molar-refractivity contribution in [2.24, 2.45) is 0 Å². The number of benzene rings is 1. The minimum atomic E-state index is -2.38. The van der Waals surface area contributed by atoms with Gasteiger partial charge >= 0.3 is 173 Å². The molecule has 1 nitrogen and oxygen atoms in total. The second kappa shape index (κ2) is 12.2. The number of hydrogen-bond donors (Lipinski definition) is 0. The van der Waals surface area contributed by atoms with E-state index in [0.717, 1.165) is 0 Å². The van der Waals surface area contributed by atoms with E-state index in [1.807, 2.05) is 3.58 Å². The molecule has 0 aliphatic heterocycles. The number of para-hydroxylation sites is 1. The van der Waals surface area contributed by atoms with Crippen LogP contribution in [0.2, 0.25) is 13.3 Å². The first-order valence-corrected chi connectivity index (χ1v) is 19.3.